The minimum Gasteiger partial charge on any atom is -0.368 e. The third kappa shape index (κ3) is 4.97. The third-order valence-electron chi connectivity index (χ3n) is 7.25. The van der Waals surface area contributed by atoms with Crippen molar-refractivity contribution in [2.75, 3.05) is 49.5 Å². The molecule has 0 bridgehead atoms. The summed E-state index contributed by atoms with van der Waals surface area (Å²) in [5.41, 5.74) is 1.07. The van der Waals surface area contributed by atoms with Gasteiger partial charge in [0.05, 0.1) is 0 Å². The summed E-state index contributed by atoms with van der Waals surface area (Å²) in [5.74, 6) is 2.79. The van der Waals surface area contributed by atoms with E-state index < -0.39 is 0 Å². The molecule has 2 saturated heterocycles. The van der Waals surface area contributed by atoms with E-state index in [2.05, 4.69) is 58.2 Å². The Kier molecular flexibility index (Phi) is 5.82. The van der Waals surface area contributed by atoms with E-state index in [4.69, 9.17) is 0 Å². The van der Waals surface area contributed by atoms with Crippen molar-refractivity contribution in [3.63, 3.8) is 0 Å². The lowest BCUT2D eigenvalue weighted by molar-refractivity contribution is 0.147. The number of nitrogens with zero attached hydrogens (tertiary/aromatic N) is 4. The zero-order valence-electron chi connectivity index (χ0n) is 18.2. The van der Waals surface area contributed by atoms with Crippen molar-refractivity contribution in [3.8, 4) is 0 Å². The average molecular weight is 386 g/mol. The molecule has 1 saturated carbocycles. The summed E-state index contributed by atoms with van der Waals surface area (Å²) in [6.07, 6.45) is 9.36. The number of piperidine rings is 2. The molecule has 3 aliphatic rings. The lowest BCUT2D eigenvalue weighted by atomic mass is 9.88. The molecule has 5 nitrogen and oxygen atoms in total. The lowest BCUT2D eigenvalue weighted by Crippen LogP contribution is -2.37. The highest BCUT2D eigenvalue weighted by atomic mass is 15.3. The van der Waals surface area contributed by atoms with Crippen molar-refractivity contribution in [2.24, 2.45) is 16.7 Å². The maximum absolute atomic E-state index is 4.46. The van der Waals surface area contributed by atoms with Crippen molar-refractivity contribution in [1.82, 2.24) is 15.1 Å². The van der Waals surface area contributed by atoms with Gasteiger partial charge in [-0.05, 0) is 93.5 Å². The van der Waals surface area contributed by atoms with Crippen LogP contribution in [0.4, 0.5) is 11.6 Å². The summed E-state index contributed by atoms with van der Waals surface area (Å²) in [6.45, 7) is 14.2. The Morgan fingerprint density at radius 2 is 1.79 bits per heavy atom. The Morgan fingerprint density at radius 1 is 1.04 bits per heavy atom. The Labute approximate surface area is 171 Å². The molecule has 3 fully saturated rings. The largest absolute Gasteiger partial charge is 0.368 e. The van der Waals surface area contributed by atoms with Crippen LogP contribution in [0.25, 0.3) is 0 Å². The fraction of sp³-hybridized carbons (Fsp3) is 0.826. The molecule has 1 aromatic heterocycles. The van der Waals surface area contributed by atoms with Gasteiger partial charge in [0.15, 0.2) is 5.82 Å². The van der Waals surface area contributed by atoms with Gasteiger partial charge in [0.2, 0.25) is 0 Å². The maximum Gasteiger partial charge on any atom is 0.151 e. The van der Waals surface area contributed by atoms with E-state index in [1.165, 1.54) is 64.6 Å². The molecule has 4 rings (SSSR count). The molecule has 0 aromatic carbocycles. The number of hydrogen-bond donors (Lipinski definition) is 1. The van der Waals surface area contributed by atoms with Gasteiger partial charge in [0.1, 0.15) is 5.82 Å². The van der Waals surface area contributed by atoms with Gasteiger partial charge in [0.25, 0.3) is 0 Å². The van der Waals surface area contributed by atoms with E-state index in [0.29, 0.717) is 10.8 Å². The molecular weight excluding hydrogens is 346 g/mol. The predicted octanol–water partition coefficient (Wildman–Crippen LogP) is 4.42. The minimum absolute atomic E-state index is 0.450. The fourth-order valence-electron chi connectivity index (χ4n) is 4.99. The van der Waals surface area contributed by atoms with Crippen molar-refractivity contribution >= 4 is 11.6 Å². The first-order valence-electron chi connectivity index (χ1n) is 11.5. The molecular formula is C23H39N5. The van der Waals surface area contributed by atoms with Gasteiger partial charge in [-0.1, -0.05) is 20.8 Å². The number of rotatable bonds is 6. The van der Waals surface area contributed by atoms with Crippen LogP contribution in [0.2, 0.25) is 0 Å². The van der Waals surface area contributed by atoms with E-state index in [0.717, 1.165) is 37.2 Å². The van der Waals surface area contributed by atoms with Crippen molar-refractivity contribution < 1.29 is 0 Å². The molecule has 3 heterocycles. The smallest absolute Gasteiger partial charge is 0.151 e. The van der Waals surface area contributed by atoms with Crippen LogP contribution in [0.3, 0.4) is 0 Å². The highest BCUT2D eigenvalue weighted by molar-refractivity contribution is 5.43. The van der Waals surface area contributed by atoms with Gasteiger partial charge in [-0.15, -0.1) is 10.2 Å². The first-order chi connectivity index (χ1) is 13.4. The maximum atomic E-state index is 4.46. The van der Waals surface area contributed by atoms with E-state index in [9.17, 15) is 0 Å². The highest BCUT2D eigenvalue weighted by Crippen LogP contribution is 2.59. The number of hydrogen-bond acceptors (Lipinski definition) is 5. The number of nitrogens with one attached hydrogen (secondary N) is 1. The predicted molar refractivity (Wildman–Crippen MR) is 117 cm³/mol. The van der Waals surface area contributed by atoms with Gasteiger partial charge in [-0.25, -0.2) is 0 Å². The molecule has 28 heavy (non-hydrogen) atoms. The van der Waals surface area contributed by atoms with Crippen LogP contribution >= 0.6 is 0 Å². The summed E-state index contributed by atoms with van der Waals surface area (Å²) in [4.78, 5) is 5.05. The summed E-state index contributed by atoms with van der Waals surface area (Å²) in [7, 11) is 0. The molecule has 1 spiro atoms. The Hall–Kier alpha value is -1.36. The van der Waals surface area contributed by atoms with Gasteiger partial charge >= 0.3 is 0 Å². The van der Waals surface area contributed by atoms with Gasteiger partial charge in [-0.3, -0.25) is 0 Å². The minimum atomic E-state index is 0.450. The monoisotopic (exact) mass is 385 g/mol. The average Bonchev–Trinajstić information content (AvgIpc) is 3.38. The van der Waals surface area contributed by atoms with Crippen molar-refractivity contribution in [1.29, 1.82) is 0 Å². The molecule has 1 aliphatic carbocycles. The zero-order valence-corrected chi connectivity index (χ0v) is 18.2. The van der Waals surface area contributed by atoms with E-state index in [1.807, 2.05) is 0 Å². The summed E-state index contributed by atoms with van der Waals surface area (Å²) in [6, 6.07) is 4.25. The molecule has 1 N–H and O–H groups in total. The van der Waals surface area contributed by atoms with Crippen LogP contribution < -0.4 is 10.2 Å². The molecule has 1 aromatic rings. The van der Waals surface area contributed by atoms with Crippen LogP contribution in [0.5, 0.6) is 0 Å². The topological polar surface area (TPSA) is 44.3 Å². The molecule has 1 unspecified atom stereocenters. The standard InChI is InChI=1S/C23H39N5/c1-22(2,3)9-14-27-15-10-23(11-16-27)17-19(23)18-24-20-7-8-21(26-25-20)28-12-5-4-6-13-28/h7-8,19H,4-6,9-18H2,1-3H3,(H,24,25). The second-order valence-electron chi connectivity index (χ2n) is 10.6. The molecule has 0 amide bonds. The highest BCUT2D eigenvalue weighted by Gasteiger charge is 2.54. The second kappa shape index (κ2) is 8.17. The van der Waals surface area contributed by atoms with Crippen LogP contribution in [0, 0.1) is 16.7 Å². The third-order valence-corrected chi connectivity index (χ3v) is 7.25. The van der Waals surface area contributed by atoms with E-state index >= 15 is 0 Å². The number of anilines is 2. The second-order valence-corrected chi connectivity index (χ2v) is 10.6. The Balaban J connectivity index is 1.19. The number of aromatic nitrogens is 2. The quantitative estimate of drug-likeness (QED) is 0.785. The van der Waals surface area contributed by atoms with Crippen LogP contribution in [-0.2, 0) is 0 Å². The summed E-state index contributed by atoms with van der Waals surface area (Å²) < 4.78 is 0. The van der Waals surface area contributed by atoms with Crippen LogP contribution in [0.15, 0.2) is 12.1 Å². The summed E-state index contributed by atoms with van der Waals surface area (Å²) in [5, 5.41) is 12.5. The molecule has 0 radical (unpaired) electrons. The van der Waals surface area contributed by atoms with Crippen LogP contribution in [0.1, 0.15) is 65.7 Å². The van der Waals surface area contributed by atoms with E-state index in [-0.39, 0.29) is 0 Å². The van der Waals surface area contributed by atoms with Gasteiger partial charge in [-0.2, -0.15) is 0 Å². The lowest BCUT2D eigenvalue weighted by Gasteiger charge is -2.34. The Bertz CT molecular complexity index is 621. The zero-order chi connectivity index (χ0) is 19.6. The van der Waals surface area contributed by atoms with E-state index in [1.54, 1.807) is 0 Å². The molecule has 2 aliphatic heterocycles. The molecule has 5 heteroatoms. The van der Waals surface area contributed by atoms with Crippen molar-refractivity contribution in [3.05, 3.63) is 12.1 Å². The Morgan fingerprint density at radius 3 is 2.43 bits per heavy atom. The first-order valence-corrected chi connectivity index (χ1v) is 11.5. The van der Waals surface area contributed by atoms with Gasteiger partial charge < -0.3 is 15.1 Å². The molecule has 1 atom stereocenters. The first kappa shape index (κ1) is 19.9. The normalized spacial score (nSPS) is 25.1. The summed E-state index contributed by atoms with van der Waals surface area (Å²) >= 11 is 0. The fourth-order valence-corrected chi connectivity index (χ4v) is 4.99. The number of likely N-dealkylation sites (tertiary alicyclic amines) is 1. The molecule has 156 valence electrons. The van der Waals surface area contributed by atoms with Crippen molar-refractivity contribution in [2.45, 2.75) is 65.7 Å². The van der Waals surface area contributed by atoms with Crippen LogP contribution in [-0.4, -0.2) is 54.4 Å². The van der Waals surface area contributed by atoms with Gasteiger partial charge in [0, 0.05) is 19.6 Å². The SMILES string of the molecule is CC(C)(C)CCN1CCC2(CC1)CC2CNc1ccc(N2CCCCC2)nn1.